The van der Waals surface area contributed by atoms with Crippen LogP contribution in [0.3, 0.4) is 0 Å². The first-order chi connectivity index (χ1) is 14.0. The van der Waals surface area contributed by atoms with Crippen LogP contribution in [0.5, 0.6) is 11.5 Å². The second-order valence-corrected chi connectivity index (χ2v) is 6.62. The Morgan fingerprint density at radius 3 is 2.38 bits per heavy atom. The Kier molecular flexibility index (Phi) is 6.19. The number of amides is 1. The van der Waals surface area contributed by atoms with Gasteiger partial charge in [0.1, 0.15) is 17.4 Å². The highest BCUT2D eigenvalue weighted by molar-refractivity contribution is 6.01. The van der Waals surface area contributed by atoms with Crippen LogP contribution in [0.25, 0.3) is 11.3 Å². The SMILES string of the molecule is COc1ccc(-c2noc(C(C)O)c2C(=O)NC(C)c2ccccc2)cc1OC. The van der Waals surface area contributed by atoms with E-state index in [2.05, 4.69) is 10.5 Å². The average Bonchev–Trinajstić information content (AvgIpc) is 3.19. The van der Waals surface area contributed by atoms with Crippen LogP contribution >= 0.6 is 0 Å². The molecule has 0 saturated carbocycles. The van der Waals surface area contributed by atoms with Crippen molar-refractivity contribution in [1.82, 2.24) is 10.5 Å². The molecule has 7 nitrogen and oxygen atoms in total. The van der Waals surface area contributed by atoms with E-state index in [1.807, 2.05) is 37.3 Å². The largest absolute Gasteiger partial charge is 0.493 e. The van der Waals surface area contributed by atoms with E-state index in [1.54, 1.807) is 25.3 Å². The first kappa shape index (κ1) is 20.4. The molecule has 2 unspecified atom stereocenters. The van der Waals surface area contributed by atoms with Gasteiger partial charge in [0.25, 0.3) is 5.91 Å². The summed E-state index contributed by atoms with van der Waals surface area (Å²) in [6.07, 6.45) is -0.996. The Hall–Kier alpha value is -3.32. The summed E-state index contributed by atoms with van der Waals surface area (Å²) in [6.45, 7) is 3.41. The Labute approximate surface area is 169 Å². The van der Waals surface area contributed by atoms with E-state index in [-0.39, 0.29) is 23.3 Å². The Balaban J connectivity index is 2.00. The third kappa shape index (κ3) is 4.25. The van der Waals surface area contributed by atoms with Gasteiger partial charge in [-0.15, -0.1) is 0 Å². The highest BCUT2D eigenvalue weighted by Crippen LogP contribution is 2.35. The van der Waals surface area contributed by atoms with Gasteiger partial charge >= 0.3 is 0 Å². The van der Waals surface area contributed by atoms with Gasteiger partial charge in [-0.1, -0.05) is 35.5 Å². The lowest BCUT2D eigenvalue weighted by Crippen LogP contribution is -2.27. The molecule has 29 heavy (non-hydrogen) atoms. The van der Waals surface area contributed by atoms with Crippen molar-refractivity contribution in [3.8, 4) is 22.8 Å². The van der Waals surface area contributed by atoms with E-state index < -0.39 is 6.10 Å². The number of nitrogens with one attached hydrogen (secondary N) is 1. The van der Waals surface area contributed by atoms with Crippen LogP contribution < -0.4 is 14.8 Å². The topological polar surface area (TPSA) is 93.8 Å². The van der Waals surface area contributed by atoms with Crippen molar-refractivity contribution in [1.29, 1.82) is 0 Å². The van der Waals surface area contributed by atoms with E-state index in [9.17, 15) is 9.90 Å². The number of methoxy groups -OCH3 is 2. The van der Waals surface area contributed by atoms with Crippen molar-refractivity contribution in [2.75, 3.05) is 14.2 Å². The van der Waals surface area contributed by atoms with Crippen molar-refractivity contribution in [2.45, 2.75) is 26.0 Å². The van der Waals surface area contributed by atoms with Gasteiger partial charge in [-0.25, -0.2) is 0 Å². The number of aromatic nitrogens is 1. The fourth-order valence-corrected chi connectivity index (χ4v) is 3.08. The molecule has 152 valence electrons. The van der Waals surface area contributed by atoms with Crippen LogP contribution in [0.15, 0.2) is 53.1 Å². The number of ether oxygens (including phenoxy) is 2. The highest BCUT2D eigenvalue weighted by Gasteiger charge is 2.28. The molecule has 0 bridgehead atoms. The molecule has 7 heteroatoms. The Bertz CT molecular complexity index is 982. The molecular formula is C22H24N2O5. The summed E-state index contributed by atoms with van der Waals surface area (Å²) < 4.78 is 15.9. The third-order valence-electron chi connectivity index (χ3n) is 4.63. The summed E-state index contributed by atoms with van der Waals surface area (Å²) in [5, 5.41) is 17.1. The quantitative estimate of drug-likeness (QED) is 0.629. The zero-order valence-corrected chi connectivity index (χ0v) is 16.8. The summed E-state index contributed by atoms with van der Waals surface area (Å²) in [4.78, 5) is 13.1. The molecule has 0 fully saturated rings. The molecule has 0 spiro atoms. The van der Waals surface area contributed by atoms with Crippen molar-refractivity contribution >= 4 is 5.91 Å². The van der Waals surface area contributed by atoms with Crippen LogP contribution in [0.4, 0.5) is 0 Å². The lowest BCUT2D eigenvalue weighted by atomic mass is 10.0. The smallest absolute Gasteiger partial charge is 0.257 e. The van der Waals surface area contributed by atoms with Gasteiger partial charge in [0.2, 0.25) is 0 Å². The molecule has 3 rings (SSSR count). The van der Waals surface area contributed by atoms with Crippen molar-refractivity contribution in [3.63, 3.8) is 0 Å². The summed E-state index contributed by atoms with van der Waals surface area (Å²) >= 11 is 0. The van der Waals surface area contributed by atoms with Crippen LogP contribution in [-0.2, 0) is 0 Å². The first-order valence-corrected chi connectivity index (χ1v) is 9.22. The number of aliphatic hydroxyl groups is 1. The predicted molar refractivity (Wildman–Crippen MR) is 108 cm³/mol. The van der Waals surface area contributed by atoms with Gasteiger partial charge in [-0.3, -0.25) is 4.79 Å². The first-order valence-electron chi connectivity index (χ1n) is 9.22. The van der Waals surface area contributed by atoms with Crippen molar-refractivity contribution in [2.24, 2.45) is 0 Å². The number of rotatable bonds is 7. The Morgan fingerprint density at radius 2 is 1.76 bits per heavy atom. The molecule has 1 aromatic heterocycles. The van der Waals surface area contributed by atoms with Crippen LogP contribution in [0.1, 0.15) is 47.7 Å². The van der Waals surface area contributed by atoms with E-state index in [0.717, 1.165) is 5.56 Å². The molecule has 0 aliphatic rings. The summed E-state index contributed by atoms with van der Waals surface area (Å²) in [5.41, 5.74) is 2.08. The van der Waals surface area contributed by atoms with E-state index in [0.29, 0.717) is 22.8 Å². The highest BCUT2D eigenvalue weighted by atomic mass is 16.5. The monoisotopic (exact) mass is 396 g/mol. The zero-order chi connectivity index (χ0) is 21.0. The van der Waals surface area contributed by atoms with Crippen molar-refractivity contribution in [3.05, 3.63) is 65.4 Å². The molecule has 1 heterocycles. The predicted octanol–water partition coefficient (Wildman–Crippen LogP) is 3.90. The van der Waals surface area contributed by atoms with Gasteiger partial charge in [0.15, 0.2) is 17.3 Å². The molecule has 0 radical (unpaired) electrons. The molecule has 3 aromatic rings. The van der Waals surface area contributed by atoms with E-state index in [1.165, 1.54) is 14.0 Å². The molecule has 2 aromatic carbocycles. The van der Waals surface area contributed by atoms with Gasteiger partial charge in [0.05, 0.1) is 20.3 Å². The number of carbonyl (C=O) groups excluding carboxylic acids is 1. The number of aliphatic hydroxyl groups excluding tert-OH is 1. The van der Waals surface area contributed by atoms with Gasteiger partial charge in [-0.05, 0) is 37.6 Å². The second kappa shape index (κ2) is 8.79. The van der Waals surface area contributed by atoms with Gasteiger partial charge in [-0.2, -0.15) is 0 Å². The van der Waals surface area contributed by atoms with E-state index in [4.69, 9.17) is 14.0 Å². The normalized spacial score (nSPS) is 12.9. The minimum absolute atomic E-state index is 0.104. The molecule has 1 amide bonds. The number of hydrogen-bond acceptors (Lipinski definition) is 6. The summed E-state index contributed by atoms with van der Waals surface area (Å²) in [6, 6.07) is 14.5. The maximum atomic E-state index is 13.1. The lowest BCUT2D eigenvalue weighted by molar-refractivity contribution is 0.0927. The van der Waals surface area contributed by atoms with Gasteiger partial charge in [0, 0.05) is 5.56 Å². The van der Waals surface area contributed by atoms with Crippen LogP contribution in [-0.4, -0.2) is 30.4 Å². The molecule has 0 aliphatic carbocycles. The van der Waals surface area contributed by atoms with Crippen LogP contribution in [0, 0.1) is 0 Å². The maximum absolute atomic E-state index is 13.1. The fraction of sp³-hybridized carbons (Fsp3) is 0.273. The zero-order valence-electron chi connectivity index (χ0n) is 16.8. The standard InChI is InChI=1S/C22H24N2O5/c1-13(15-8-6-5-7-9-15)23-22(26)19-20(24-29-21(19)14(2)25)16-10-11-17(27-3)18(12-16)28-4/h5-14,25H,1-4H3,(H,23,26). The number of hydrogen-bond donors (Lipinski definition) is 2. The second-order valence-electron chi connectivity index (χ2n) is 6.62. The van der Waals surface area contributed by atoms with E-state index >= 15 is 0 Å². The molecule has 0 aliphatic heterocycles. The number of benzene rings is 2. The molecule has 2 N–H and O–H groups in total. The third-order valence-corrected chi connectivity index (χ3v) is 4.63. The molecule has 2 atom stereocenters. The number of nitrogens with zero attached hydrogens (tertiary/aromatic N) is 1. The van der Waals surface area contributed by atoms with Crippen LogP contribution in [0.2, 0.25) is 0 Å². The minimum atomic E-state index is -0.996. The molecular weight excluding hydrogens is 372 g/mol. The summed E-state index contributed by atoms with van der Waals surface area (Å²) in [7, 11) is 3.07. The van der Waals surface area contributed by atoms with Gasteiger partial charge < -0.3 is 24.4 Å². The maximum Gasteiger partial charge on any atom is 0.257 e. The van der Waals surface area contributed by atoms with Crippen molar-refractivity contribution < 1.29 is 23.9 Å². The molecule has 0 saturated heterocycles. The lowest BCUT2D eigenvalue weighted by Gasteiger charge is -2.15. The minimum Gasteiger partial charge on any atom is -0.493 e. The fourth-order valence-electron chi connectivity index (χ4n) is 3.08. The average molecular weight is 396 g/mol. The Morgan fingerprint density at radius 1 is 1.07 bits per heavy atom. The number of carbonyl (C=O) groups is 1. The summed E-state index contributed by atoms with van der Waals surface area (Å²) in [5.74, 6) is 0.769.